The average Bonchev–Trinajstić information content (AvgIpc) is 2.32. The van der Waals surface area contributed by atoms with Crippen molar-refractivity contribution >= 4 is 10.8 Å². The van der Waals surface area contributed by atoms with Crippen molar-refractivity contribution in [2.24, 2.45) is 5.41 Å². The summed E-state index contributed by atoms with van der Waals surface area (Å²) < 4.78 is 12.0. The molecule has 0 spiro atoms. The molecule has 1 unspecified atom stereocenters. The predicted molar refractivity (Wildman–Crippen MR) is 76.5 cm³/mol. The minimum absolute atomic E-state index is 0.299. The number of rotatable bonds is 6. The molecule has 1 atom stereocenters. The Morgan fingerprint density at radius 3 is 2.61 bits per heavy atom. The second-order valence-corrected chi connectivity index (χ2v) is 6.89. The van der Waals surface area contributed by atoms with Crippen molar-refractivity contribution in [1.82, 2.24) is 0 Å². The molecule has 0 radical (unpaired) electrons. The first-order valence-electron chi connectivity index (χ1n) is 6.25. The van der Waals surface area contributed by atoms with Crippen molar-refractivity contribution in [1.29, 1.82) is 5.26 Å². The van der Waals surface area contributed by atoms with Gasteiger partial charge in [-0.05, 0) is 44.7 Å². The first-order valence-corrected chi connectivity index (χ1v) is 7.74. The minimum atomic E-state index is -0.827. The maximum atomic E-state index is 12.0. The van der Waals surface area contributed by atoms with Gasteiger partial charge in [-0.25, -0.2) is 0 Å². The summed E-state index contributed by atoms with van der Waals surface area (Å²) in [5.74, 6) is 1.30. The lowest BCUT2D eigenvalue weighted by molar-refractivity contribution is 0.447. The van der Waals surface area contributed by atoms with E-state index in [1.165, 1.54) is 5.56 Å². The topological polar surface area (TPSA) is 40.9 Å². The molecule has 0 saturated heterocycles. The molecule has 98 valence electrons. The van der Waals surface area contributed by atoms with Crippen LogP contribution in [0.3, 0.4) is 0 Å². The molecule has 0 amide bonds. The van der Waals surface area contributed by atoms with E-state index in [-0.39, 0.29) is 5.41 Å². The van der Waals surface area contributed by atoms with E-state index < -0.39 is 10.8 Å². The highest BCUT2D eigenvalue weighted by Crippen LogP contribution is 2.21. The van der Waals surface area contributed by atoms with Crippen LogP contribution >= 0.6 is 0 Å². The maximum absolute atomic E-state index is 12.0. The van der Waals surface area contributed by atoms with E-state index in [1.807, 2.05) is 45.0 Å². The zero-order valence-corrected chi connectivity index (χ0v) is 12.2. The van der Waals surface area contributed by atoms with Gasteiger partial charge >= 0.3 is 0 Å². The summed E-state index contributed by atoms with van der Waals surface area (Å²) >= 11 is 0. The van der Waals surface area contributed by atoms with Crippen molar-refractivity contribution in [3.05, 3.63) is 35.4 Å². The number of hydrogen-bond donors (Lipinski definition) is 0. The molecular weight excluding hydrogens is 242 g/mol. The van der Waals surface area contributed by atoms with E-state index in [2.05, 4.69) is 6.07 Å². The van der Waals surface area contributed by atoms with Crippen molar-refractivity contribution in [2.75, 3.05) is 5.75 Å². The number of nitriles is 1. The van der Waals surface area contributed by atoms with Crippen molar-refractivity contribution in [2.45, 2.75) is 39.4 Å². The van der Waals surface area contributed by atoms with Crippen LogP contribution in [0.25, 0.3) is 0 Å². The first kappa shape index (κ1) is 14.9. The van der Waals surface area contributed by atoms with Crippen molar-refractivity contribution < 1.29 is 4.21 Å². The van der Waals surface area contributed by atoms with Crippen LogP contribution in [0.5, 0.6) is 0 Å². The Balaban J connectivity index is 2.40. The quantitative estimate of drug-likeness (QED) is 0.787. The van der Waals surface area contributed by atoms with Gasteiger partial charge in [0.2, 0.25) is 0 Å². The molecule has 1 rings (SSSR count). The van der Waals surface area contributed by atoms with Crippen LogP contribution in [-0.4, -0.2) is 9.96 Å². The molecule has 0 fully saturated rings. The molecule has 0 aliphatic rings. The fourth-order valence-corrected chi connectivity index (χ4v) is 3.03. The standard InChI is InChI=1S/C15H21NOS/c1-13-7-4-5-8-14(13)11-18(17)10-6-9-15(2,3)12-16/h4-5,7-8H,6,9-11H2,1-3H3. The molecule has 3 heteroatoms. The highest BCUT2D eigenvalue weighted by molar-refractivity contribution is 7.84. The third-order valence-corrected chi connectivity index (χ3v) is 4.43. The van der Waals surface area contributed by atoms with Crippen molar-refractivity contribution in [3.63, 3.8) is 0 Å². The second kappa shape index (κ2) is 6.70. The van der Waals surface area contributed by atoms with Gasteiger partial charge in [0.1, 0.15) is 0 Å². The van der Waals surface area contributed by atoms with E-state index >= 15 is 0 Å². The van der Waals surface area contributed by atoms with Crippen LogP contribution < -0.4 is 0 Å². The summed E-state index contributed by atoms with van der Waals surface area (Å²) in [5.41, 5.74) is 2.06. The van der Waals surface area contributed by atoms with E-state index in [1.54, 1.807) is 0 Å². The third-order valence-electron chi connectivity index (χ3n) is 3.05. The molecule has 0 aliphatic heterocycles. The van der Waals surface area contributed by atoms with Gasteiger partial charge in [-0.15, -0.1) is 0 Å². The molecular formula is C15H21NOS. The van der Waals surface area contributed by atoms with Gasteiger partial charge in [0, 0.05) is 22.3 Å². The lowest BCUT2D eigenvalue weighted by Gasteiger charge is -2.14. The van der Waals surface area contributed by atoms with E-state index in [0.29, 0.717) is 11.5 Å². The average molecular weight is 263 g/mol. The molecule has 0 heterocycles. The fourth-order valence-electron chi connectivity index (χ4n) is 1.75. The van der Waals surface area contributed by atoms with E-state index in [0.717, 1.165) is 18.4 Å². The van der Waals surface area contributed by atoms with Crippen LogP contribution in [0.15, 0.2) is 24.3 Å². The molecule has 0 saturated carbocycles. The molecule has 0 aliphatic carbocycles. The Labute approximate surface area is 112 Å². The maximum Gasteiger partial charge on any atom is 0.0683 e. The normalized spacial score (nSPS) is 13.0. The molecule has 0 aromatic heterocycles. The number of benzene rings is 1. The van der Waals surface area contributed by atoms with E-state index in [4.69, 9.17) is 5.26 Å². The monoisotopic (exact) mass is 263 g/mol. The summed E-state index contributed by atoms with van der Waals surface area (Å²) in [5, 5.41) is 8.91. The van der Waals surface area contributed by atoms with Gasteiger partial charge < -0.3 is 0 Å². The minimum Gasteiger partial charge on any atom is -0.259 e. The molecule has 18 heavy (non-hydrogen) atoms. The van der Waals surface area contributed by atoms with Gasteiger partial charge in [-0.2, -0.15) is 5.26 Å². The highest BCUT2D eigenvalue weighted by Gasteiger charge is 2.16. The third kappa shape index (κ3) is 5.01. The predicted octanol–water partition coefficient (Wildman–Crippen LogP) is 3.57. The van der Waals surface area contributed by atoms with Gasteiger partial charge in [-0.1, -0.05) is 24.3 Å². The van der Waals surface area contributed by atoms with Crippen LogP contribution in [-0.2, 0) is 16.6 Å². The summed E-state index contributed by atoms with van der Waals surface area (Å²) in [6, 6.07) is 10.3. The lowest BCUT2D eigenvalue weighted by atomic mass is 9.90. The van der Waals surface area contributed by atoms with Crippen LogP contribution in [0.1, 0.15) is 37.8 Å². The number of aryl methyl sites for hydroxylation is 1. The van der Waals surface area contributed by atoms with Gasteiger partial charge in [0.05, 0.1) is 11.5 Å². The van der Waals surface area contributed by atoms with E-state index in [9.17, 15) is 4.21 Å². The Hall–Kier alpha value is -1.14. The molecule has 1 aromatic carbocycles. The Morgan fingerprint density at radius 1 is 1.33 bits per heavy atom. The molecule has 0 N–H and O–H groups in total. The number of hydrogen-bond acceptors (Lipinski definition) is 2. The zero-order chi connectivity index (χ0) is 13.6. The summed E-state index contributed by atoms with van der Waals surface area (Å²) in [4.78, 5) is 0. The van der Waals surface area contributed by atoms with Crippen LogP contribution in [0.2, 0.25) is 0 Å². The smallest absolute Gasteiger partial charge is 0.0683 e. The second-order valence-electron chi connectivity index (χ2n) is 5.31. The summed E-state index contributed by atoms with van der Waals surface area (Å²) in [6.45, 7) is 5.90. The Bertz CT molecular complexity index is 460. The Kier molecular flexibility index (Phi) is 5.55. The van der Waals surface area contributed by atoms with Crippen molar-refractivity contribution in [3.8, 4) is 6.07 Å². The zero-order valence-electron chi connectivity index (χ0n) is 11.4. The molecule has 2 nitrogen and oxygen atoms in total. The largest absolute Gasteiger partial charge is 0.259 e. The van der Waals surface area contributed by atoms with Crippen LogP contribution in [0.4, 0.5) is 0 Å². The lowest BCUT2D eigenvalue weighted by Crippen LogP contribution is -2.10. The first-order chi connectivity index (χ1) is 8.44. The van der Waals surface area contributed by atoms with Gasteiger partial charge in [-0.3, -0.25) is 4.21 Å². The SMILES string of the molecule is Cc1ccccc1CS(=O)CCCC(C)(C)C#N. The number of nitrogens with zero attached hydrogens (tertiary/aromatic N) is 1. The molecule has 0 bridgehead atoms. The van der Waals surface area contributed by atoms with Gasteiger partial charge in [0.25, 0.3) is 0 Å². The molecule has 1 aromatic rings. The fraction of sp³-hybridized carbons (Fsp3) is 0.533. The summed E-state index contributed by atoms with van der Waals surface area (Å²) in [6.07, 6.45) is 1.65. The summed E-state index contributed by atoms with van der Waals surface area (Å²) in [7, 11) is -0.827. The van der Waals surface area contributed by atoms with Gasteiger partial charge in [0.15, 0.2) is 0 Å². The Morgan fingerprint density at radius 2 is 2.00 bits per heavy atom. The highest BCUT2D eigenvalue weighted by atomic mass is 32.2. The van der Waals surface area contributed by atoms with Crippen LogP contribution in [0, 0.1) is 23.7 Å².